The van der Waals surface area contributed by atoms with Crippen LogP contribution in [0, 0.1) is 10.8 Å². The van der Waals surface area contributed by atoms with Gasteiger partial charge in [0.2, 0.25) is 0 Å². The zero-order chi connectivity index (χ0) is 14.7. The van der Waals surface area contributed by atoms with Crippen molar-refractivity contribution in [3.05, 3.63) is 0 Å². The lowest BCUT2D eigenvalue weighted by Crippen LogP contribution is -2.50. The first-order valence-corrected chi connectivity index (χ1v) is 6.87. The molecule has 2 atom stereocenters. The quantitative estimate of drug-likeness (QED) is 0.695. The Bertz CT molecular complexity index is 372. The molecule has 0 bridgehead atoms. The maximum absolute atomic E-state index is 12.6. The Morgan fingerprint density at radius 1 is 1.37 bits per heavy atom. The minimum atomic E-state index is -0.669. The van der Waals surface area contributed by atoms with Crippen LogP contribution in [0.2, 0.25) is 0 Å². The summed E-state index contributed by atoms with van der Waals surface area (Å²) in [6, 6.07) is 0. The van der Waals surface area contributed by atoms with Crippen LogP contribution in [-0.2, 0) is 19.1 Å². The summed E-state index contributed by atoms with van der Waals surface area (Å²) >= 11 is 0. The summed E-state index contributed by atoms with van der Waals surface area (Å²) in [4.78, 5) is 34.5. The zero-order valence-electron chi connectivity index (χ0n) is 12.3. The molecule has 1 aliphatic carbocycles. The lowest BCUT2D eigenvalue weighted by atomic mass is 9.60. The Labute approximate surface area is 114 Å². The van der Waals surface area contributed by atoms with Crippen LogP contribution in [0.3, 0.4) is 0 Å². The van der Waals surface area contributed by atoms with Crippen molar-refractivity contribution in [2.45, 2.75) is 65.9 Å². The number of carbonyl (C=O) groups excluding carboxylic acids is 3. The molecule has 0 radical (unpaired) electrons. The Hall–Kier alpha value is -1.19. The summed E-state index contributed by atoms with van der Waals surface area (Å²) in [5.74, 6) is 0.187. The molecular formula is C15H24O4. The second-order valence-electron chi connectivity index (χ2n) is 6.45. The molecule has 1 aliphatic rings. The predicted octanol–water partition coefficient (Wildman–Crippen LogP) is 2.68. The van der Waals surface area contributed by atoms with E-state index in [1.165, 1.54) is 6.92 Å². The summed E-state index contributed by atoms with van der Waals surface area (Å²) in [6.45, 7) is 7.65. The standard InChI is InChI=1S/C15H24O4/c1-11(17)6-7-12(19-10-16)15(4)9-5-8-14(2,3)13(15)18/h10,12H,5-9H2,1-4H3. The van der Waals surface area contributed by atoms with E-state index in [-0.39, 0.29) is 17.0 Å². The van der Waals surface area contributed by atoms with Gasteiger partial charge in [-0.1, -0.05) is 20.3 Å². The third kappa shape index (κ3) is 3.43. The Morgan fingerprint density at radius 3 is 2.53 bits per heavy atom. The van der Waals surface area contributed by atoms with Crippen LogP contribution in [0.25, 0.3) is 0 Å². The summed E-state index contributed by atoms with van der Waals surface area (Å²) in [7, 11) is 0. The molecule has 0 amide bonds. The first-order chi connectivity index (χ1) is 8.74. The molecule has 0 aromatic carbocycles. The van der Waals surface area contributed by atoms with E-state index in [9.17, 15) is 14.4 Å². The van der Waals surface area contributed by atoms with E-state index < -0.39 is 11.5 Å². The number of hydrogen-bond donors (Lipinski definition) is 0. The molecule has 2 unspecified atom stereocenters. The smallest absolute Gasteiger partial charge is 0.293 e. The van der Waals surface area contributed by atoms with Crippen molar-refractivity contribution in [3.8, 4) is 0 Å². The predicted molar refractivity (Wildman–Crippen MR) is 71.6 cm³/mol. The van der Waals surface area contributed by atoms with Crippen LogP contribution in [-0.4, -0.2) is 24.1 Å². The van der Waals surface area contributed by atoms with E-state index in [1.807, 2.05) is 20.8 Å². The van der Waals surface area contributed by atoms with Gasteiger partial charge in [-0.05, 0) is 33.1 Å². The number of ether oxygens (including phenoxy) is 1. The van der Waals surface area contributed by atoms with E-state index in [2.05, 4.69) is 0 Å². The third-order valence-electron chi connectivity index (χ3n) is 4.32. The molecule has 108 valence electrons. The molecule has 0 spiro atoms. The van der Waals surface area contributed by atoms with E-state index in [4.69, 9.17) is 4.74 Å². The highest BCUT2D eigenvalue weighted by molar-refractivity contribution is 5.91. The van der Waals surface area contributed by atoms with Crippen molar-refractivity contribution >= 4 is 18.0 Å². The molecule has 1 rings (SSSR count). The van der Waals surface area contributed by atoms with Crippen molar-refractivity contribution < 1.29 is 19.1 Å². The zero-order valence-corrected chi connectivity index (χ0v) is 12.3. The fraction of sp³-hybridized carbons (Fsp3) is 0.800. The van der Waals surface area contributed by atoms with Crippen molar-refractivity contribution in [1.29, 1.82) is 0 Å². The molecule has 4 nitrogen and oxygen atoms in total. The van der Waals surface area contributed by atoms with Gasteiger partial charge in [0, 0.05) is 11.8 Å². The minimum Gasteiger partial charge on any atom is -0.464 e. The van der Waals surface area contributed by atoms with Crippen molar-refractivity contribution in [3.63, 3.8) is 0 Å². The second kappa shape index (κ2) is 5.85. The summed E-state index contributed by atoms with van der Waals surface area (Å²) in [5, 5.41) is 0. The van der Waals surface area contributed by atoms with Gasteiger partial charge in [-0.2, -0.15) is 0 Å². The van der Waals surface area contributed by atoms with Crippen LogP contribution >= 0.6 is 0 Å². The van der Waals surface area contributed by atoms with E-state index in [0.717, 1.165) is 12.8 Å². The second-order valence-corrected chi connectivity index (χ2v) is 6.45. The SMILES string of the molecule is CC(=O)CCC(OC=O)C1(C)CCCC(C)(C)C1=O. The molecule has 0 N–H and O–H groups in total. The van der Waals surface area contributed by atoms with Gasteiger partial charge in [0.15, 0.2) is 0 Å². The molecule has 0 aromatic heterocycles. The number of carbonyl (C=O) groups is 3. The summed E-state index contributed by atoms with van der Waals surface area (Å²) < 4.78 is 5.14. The largest absolute Gasteiger partial charge is 0.464 e. The highest BCUT2D eigenvalue weighted by Gasteiger charge is 2.50. The van der Waals surface area contributed by atoms with E-state index >= 15 is 0 Å². The molecule has 0 aliphatic heterocycles. The highest BCUT2D eigenvalue weighted by atomic mass is 16.5. The maximum atomic E-state index is 12.6. The lowest BCUT2D eigenvalue weighted by molar-refractivity contribution is -0.158. The van der Waals surface area contributed by atoms with Crippen LogP contribution in [0.5, 0.6) is 0 Å². The average molecular weight is 268 g/mol. The van der Waals surface area contributed by atoms with E-state index in [1.54, 1.807) is 0 Å². The fourth-order valence-electron chi connectivity index (χ4n) is 3.14. The number of Topliss-reactive ketones (excluding diaryl/α,β-unsaturated/α-hetero) is 2. The third-order valence-corrected chi connectivity index (χ3v) is 4.32. The maximum Gasteiger partial charge on any atom is 0.293 e. The van der Waals surface area contributed by atoms with Gasteiger partial charge >= 0.3 is 0 Å². The van der Waals surface area contributed by atoms with Gasteiger partial charge in [0.25, 0.3) is 6.47 Å². The number of rotatable bonds is 6. The fourth-order valence-corrected chi connectivity index (χ4v) is 3.14. The van der Waals surface area contributed by atoms with Gasteiger partial charge in [-0.25, -0.2) is 0 Å². The van der Waals surface area contributed by atoms with Crippen molar-refractivity contribution in [2.24, 2.45) is 10.8 Å². The van der Waals surface area contributed by atoms with Crippen LogP contribution in [0.1, 0.15) is 59.8 Å². The van der Waals surface area contributed by atoms with Crippen LogP contribution in [0.4, 0.5) is 0 Å². The van der Waals surface area contributed by atoms with Gasteiger partial charge < -0.3 is 9.53 Å². The van der Waals surface area contributed by atoms with Crippen LogP contribution < -0.4 is 0 Å². The van der Waals surface area contributed by atoms with Crippen molar-refractivity contribution in [2.75, 3.05) is 0 Å². The van der Waals surface area contributed by atoms with Crippen LogP contribution in [0.15, 0.2) is 0 Å². The lowest BCUT2D eigenvalue weighted by Gasteiger charge is -2.44. The molecule has 1 fully saturated rings. The summed E-state index contributed by atoms with van der Waals surface area (Å²) in [5.41, 5.74) is -1.05. The molecule has 0 aromatic rings. The molecule has 0 heterocycles. The number of hydrogen-bond acceptors (Lipinski definition) is 4. The van der Waals surface area contributed by atoms with Gasteiger partial charge in [-0.15, -0.1) is 0 Å². The van der Waals surface area contributed by atoms with Gasteiger partial charge in [0.05, 0.1) is 5.41 Å². The number of ketones is 2. The summed E-state index contributed by atoms with van der Waals surface area (Å²) in [6.07, 6.45) is 2.77. The Morgan fingerprint density at radius 2 is 2.00 bits per heavy atom. The monoisotopic (exact) mass is 268 g/mol. The average Bonchev–Trinajstić information content (AvgIpc) is 2.31. The molecular weight excluding hydrogens is 244 g/mol. The van der Waals surface area contributed by atoms with Gasteiger partial charge in [-0.3, -0.25) is 9.59 Å². The molecule has 4 heteroatoms. The Kier molecular flexibility index (Phi) is 4.88. The molecule has 1 saturated carbocycles. The normalized spacial score (nSPS) is 27.7. The first kappa shape index (κ1) is 15.9. The van der Waals surface area contributed by atoms with Crippen molar-refractivity contribution in [1.82, 2.24) is 0 Å². The van der Waals surface area contributed by atoms with E-state index in [0.29, 0.717) is 25.7 Å². The minimum absolute atomic E-state index is 0.0469. The molecule has 19 heavy (non-hydrogen) atoms. The van der Waals surface area contributed by atoms with Gasteiger partial charge in [0.1, 0.15) is 17.7 Å². The Balaban J connectivity index is 2.94. The molecule has 0 saturated heterocycles. The first-order valence-electron chi connectivity index (χ1n) is 6.87. The topological polar surface area (TPSA) is 60.4 Å². The highest BCUT2D eigenvalue weighted by Crippen LogP contribution is 2.46.